The zero-order valence-corrected chi connectivity index (χ0v) is 12.7. The van der Waals surface area contributed by atoms with Gasteiger partial charge in [-0.05, 0) is 11.6 Å². The van der Waals surface area contributed by atoms with Gasteiger partial charge in [-0.1, -0.05) is 50.1 Å². The average molecular weight is 384 g/mol. The Morgan fingerprint density at radius 2 is 2.11 bits per heavy atom. The lowest BCUT2D eigenvalue weighted by atomic mass is 10.1. The Balaban J connectivity index is 2.25. The molecule has 0 radical (unpaired) electrons. The van der Waals surface area contributed by atoms with Gasteiger partial charge < -0.3 is 4.98 Å². The Bertz CT molecular complexity index is 794. The molecule has 0 aliphatic rings. The molecule has 0 spiro atoms. The third-order valence-electron chi connectivity index (χ3n) is 2.78. The summed E-state index contributed by atoms with van der Waals surface area (Å²) >= 11 is 6.91. The van der Waals surface area contributed by atoms with E-state index in [1.165, 1.54) is 6.33 Å². The number of hydrogen-bond acceptors (Lipinski definition) is 3. The SMILES string of the molecule is O=c1[nH]cnc2n[nH]c(-c3cccc(C(Br)Br)c3)c12. The van der Waals surface area contributed by atoms with Crippen LogP contribution in [0.2, 0.25) is 0 Å². The van der Waals surface area contributed by atoms with Gasteiger partial charge in [0.1, 0.15) is 5.39 Å². The molecule has 7 heteroatoms. The van der Waals surface area contributed by atoms with Gasteiger partial charge in [0.25, 0.3) is 5.56 Å². The van der Waals surface area contributed by atoms with Crippen molar-refractivity contribution in [3.63, 3.8) is 0 Å². The van der Waals surface area contributed by atoms with Crippen molar-refractivity contribution in [3.8, 4) is 11.3 Å². The van der Waals surface area contributed by atoms with Gasteiger partial charge in [0, 0.05) is 5.56 Å². The minimum Gasteiger partial charge on any atom is -0.312 e. The van der Waals surface area contributed by atoms with Gasteiger partial charge in [0.2, 0.25) is 0 Å². The molecule has 5 nitrogen and oxygen atoms in total. The number of H-pyrrole nitrogens is 2. The van der Waals surface area contributed by atoms with Crippen LogP contribution in [-0.4, -0.2) is 20.2 Å². The Labute approximate surface area is 124 Å². The molecule has 2 aromatic heterocycles. The summed E-state index contributed by atoms with van der Waals surface area (Å²) in [5, 5.41) is 7.40. The number of halogens is 2. The second-order valence-electron chi connectivity index (χ2n) is 3.96. The fraction of sp³-hybridized carbons (Fsp3) is 0.0833. The average Bonchev–Trinajstić information content (AvgIpc) is 2.84. The zero-order chi connectivity index (χ0) is 13.4. The number of aromatic amines is 2. The van der Waals surface area contributed by atoms with Crippen LogP contribution in [0.25, 0.3) is 22.3 Å². The molecular weight excluding hydrogens is 376 g/mol. The smallest absolute Gasteiger partial charge is 0.262 e. The van der Waals surface area contributed by atoms with Crippen LogP contribution in [0.4, 0.5) is 0 Å². The fourth-order valence-corrected chi connectivity index (χ4v) is 2.47. The van der Waals surface area contributed by atoms with E-state index in [4.69, 9.17) is 0 Å². The second kappa shape index (κ2) is 4.90. The summed E-state index contributed by atoms with van der Waals surface area (Å²) in [5.74, 6) is 0. The number of rotatable bonds is 2. The van der Waals surface area contributed by atoms with E-state index in [1.807, 2.05) is 24.3 Å². The van der Waals surface area contributed by atoms with E-state index in [0.29, 0.717) is 16.7 Å². The van der Waals surface area contributed by atoms with Crippen molar-refractivity contribution in [1.29, 1.82) is 0 Å². The number of nitrogens with zero attached hydrogens (tertiary/aromatic N) is 2. The molecule has 0 unspecified atom stereocenters. The maximum atomic E-state index is 11.9. The third-order valence-corrected chi connectivity index (χ3v) is 3.84. The number of hydrogen-bond donors (Lipinski definition) is 2. The normalized spacial score (nSPS) is 11.3. The first kappa shape index (κ1) is 12.6. The highest BCUT2D eigenvalue weighted by Gasteiger charge is 2.13. The van der Waals surface area contributed by atoms with Crippen molar-refractivity contribution in [2.45, 2.75) is 3.74 Å². The van der Waals surface area contributed by atoms with Crippen molar-refractivity contribution in [3.05, 3.63) is 46.5 Å². The zero-order valence-electron chi connectivity index (χ0n) is 9.52. The summed E-state index contributed by atoms with van der Waals surface area (Å²) in [5.41, 5.74) is 2.83. The lowest BCUT2D eigenvalue weighted by molar-refractivity contribution is 1.09. The molecule has 0 saturated heterocycles. The lowest BCUT2D eigenvalue weighted by Crippen LogP contribution is -2.05. The summed E-state index contributed by atoms with van der Waals surface area (Å²) in [7, 11) is 0. The lowest BCUT2D eigenvalue weighted by Gasteiger charge is -2.04. The highest BCUT2D eigenvalue weighted by molar-refractivity contribution is 9.24. The van der Waals surface area contributed by atoms with Gasteiger partial charge in [-0.3, -0.25) is 9.89 Å². The minimum absolute atomic E-state index is 0.0607. The van der Waals surface area contributed by atoms with Crippen LogP contribution in [0.15, 0.2) is 35.4 Å². The molecule has 96 valence electrons. The summed E-state index contributed by atoms with van der Waals surface area (Å²) in [6, 6.07) is 7.81. The Kier molecular flexibility index (Phi) is 3.24. The summed E-state index contributed by atoms with van der Waals surface area (Å²) in [6.45, 7) is 0. The molecule has 2 N–H and O–H groups in total. The van der Waals surface area contributed by atoms with E-state index < -0.39 is 0 Å². The van der Waals surface area contributed by atoms with Gasteiger partial charge in [-0.15, -0.1) is 0 Å². The molecule has 3 rings (SSSR count). The van der Waals surface area contributed by atoms with E-state index in [-0.39, 0.29) is 9.30 Å². The molecule has 0 aliphatic carbocycles. The van der Waals surface area contributed by atoms with Crippen molar-refractivity contribution in [1.82, 2.24) is 20.2 Å². The van der Waals surface area contributed by atoms with Crippen LogP contribution in [0.3, 0.4) is 0 Å². The van der Waals surface area contributed by atoms with Gasteiger partial charge in [0.05, 0.1) is 15.8 Å². The van der Waals surface area contributed by atoms with E-state index in [2.05, 4.69) is 52.0 Å². The summed E-state index contributed by atoms with van der Waals surface area (Å²) in [6.07, 6.45) is 1.35. The molecule has 1 aromatic carbocycles. The van der Waals surface area contributed by atoms with Crippen LogP contribution in [-0.2, 0) is 0 Å². The van der Waals surface area contributed by atoms with Crippen molar-refractivity contribution in [2.24, 2.45) is 0 Å². The number of fused-ring (bicyclic) bond motifs is 1. The van der Waals surface area contributed by atoms with E-state index >= 15 is 0 Å². The minimum atomic E-state index is -0.201. The van der Waals surface area contributed by atoms with Gasteiger partial charge in [0.15, 0.2) is 5.65 Å². The largest absolute Gasteiger partial charge is 0.312 e. The quantitative estimate of drug-likeness (QED) is 0.667. The van der Waals surface area contributed by atoms with Gasteiger partial charge >= 0.3 is 0 Å². The van der Waals surface area contributed by atoms with Crippen molar-refractivity contribution in [2.75, 3.05) is 0 Å². The second-order valence-corrected chi connectivity index (χ2v) is 7.02. The van der Waals surface area contributed by atoms with Crippen LogP contribution < -0.4 is 5.56 Å². The van der Waals surface area contributed by atoms with Crippen molar-refractivity contribution < 1.29 is 0 Å². The highest BCUT2D eigenvalue weighted by atomic mass is 79.9. The number of benzene rings is 1. The Morgan fingerprint density at radius 1 is 1.26 bits per heavy atom. The molecule has 0 atom stereocenters. The molecule has 2 heterocycles. The predicted molar refractivity (Wildman–Crippen MR) is 80.5 cm³/mol. The van der Waals surface area contributed by atoms with E-state index in [9.17, 15) is 4.79 Å². The van der Waals surface area contributed by atoms with Crippen molar-refractivity contribution >= 4 is 42.9 Å². The monoisotopic (exact) mass is 382 g/mol. The summed E-state index contributed by atoms with van der Waals surface area (Å²) in [4.78, 5) is 18.5. The maximum Gasteiger partial charge on any atom is 0.262 e. The summed E-state index contributed by atoms with van der Waals surface area (Å²) < 4.78 is 0.0607. The number of nitrogens with one attached hydrogen (secondary N) is 2. The molecule has 19 heavy (non-hydrogen) atoms. The Morgan fingerprint density at radius 3 is 2.89 bits per heavy atom. The van der Waals surface area contributed by atoms with Gasteiger partial charge in [-0.2, -0.15) is 5.10 Å². The van der Waals surface area contributed by atoms with Gasteiger partial charge in [-0.25, -0.2) is 4.98 Å². The molecule has 0 aliphatic heterocycles. The predicted octanol–water partition coefficient (Wildman–Crippen LogP) is 3.10. The first-order valence-electron chi connectivity index (χ1n) is 5.47. The molecule has 3 aromatic rings. The topological polar surface area (TPSA) is 74.4 Å². The van der Waals surface area contributed by atoms with Crippen LogP contribution >= 0.6 is 31.9 Å². The van der Waals surface area contributed by atoms with Crippen LogP contribution in [0, 0.1) is 0 Å². The molecule has 0 fully saturated rings. The van der Waals surface area contributed by atoms with E-state index in [0.717, 1.165) is 11.1 Å². The number of alkyl halides is 2. The first-order chi connectivity index (χ1) is 9.16. The fourth-order valence-electron chi connectivity index (χ4n) is 1.90. The molecule has 0 saturated carbocycles. The molecule has 0 amide bonds. The maximum absolute atomic E-state index is 11.9. The molecule has 0 bridgehead atoms. The standard InChI is InChI=1S/C12H8Br2N4O/c13-10(14)7-3-1-2-6(4-7)9-8-11(18-17-9)15-5-16-12(8)19/h1-5,10H,(H2,15,16,17,18,19). The number of aromatic nitrogens is 4. The first-order valence-corrected chi connectivity index (χ1v) is 7.30. The van der Waals surface area contributed by atoms with Crippen LogP contribution in [0.1, 0.15) is 9.30 Å². The van der Waals surface area contributed by atoms with E-state index in [1.54, 1.807) is 0 Å². The highest BCUT2D eigenvalue weighted by Crippen LogP contribution is 2.32. The third kappa shape index (κ3) is 2.23. The Hall–Kier alpha value is -1.47. The molecular formula is C12H8Br2N4O. The van der Waals surface area contributed by atoms with Crippen LogP contribution in [0.5, 0.6) is 0 Å².